The van der Waals surface area contributed by atoms with E-state index in [2.05, 4.69) is 0 Å². The van der Waals surface area contributed by atoms with Gasteiger partial charge in [-0.25, -0.2) is 0 Å². The Balaban J connectivity index is 1.58. The highest BCUT2D eigenvalue weighted by Crippen LogP contribution is 2.20. The Kier molecular flexibility index (Phi) is 9.50. The zero-order valence-corrected chi connectivity index (χ0v) is 20.1. The number of rotatable bonds is 10. The van der Waals surface area contributed by atoms with Crippen LogP contribution in [0.1, 0.15) is 37.3 Å². The van der Waals surface area contributed by atoms with Crippen molar-refractivity contribution in [2.75, 3.05) is 33.4 Å². The van der Waals surface area contributed by atoms with Gasteiger partial charge in [-0.15, -0.1) is 0 Å². The average molecular weight is 467 g/mol. The van der Waals surface area contributed by atoms with Crippen LogP contribution in [0.15, 0.2) is 54.6 Å². The molecule has 2 aromatic carbocycles. The molecule has 1 aliphatic heterocycles. The lowest BCUT2D eigenvalue weighted by molar-refractivity contribution is -0.151. The summed E-state index contributed by atoms with van der Waals surface area (Å²) >= 11 is 0. The van der Waals surface area contributed by atoms with Crippen molar-refractivity contribution in [3.8, 4) is 5.75 Å². The number of carbonyl (C=O) groups excluding carboxylic acids is 3. The van der Waals surface area contributed by atoms with Crippen LogP contribution in [0.25, 0.3) is 0 Å². The smallest absolute Gasteiger partial charge is 0.309 e. The number of piperidine rings is 1. The Morgan fingerprint density at radius 2 is 1.65 bits per heavy atom. The monoisotopic (exact) mass is 466 g/mol. The zero-order chi connectivity index (χ0) is 24.3. The van der Waals surface area contributed by atoms with Gasteiger partial charge in [0.25, 0.3) is 0 Å². The molecule has 1 heterocycles. The largest absolute Gasteiger partial charge is 0.497 e. The van der Waals surface area contributed by atoms with Gasteiger partial charge in [-0.2, -0.15) is 0 Å². The van der Waals surface area contributed by atoms with E-state index in [1.807, 2.05) is 54.6 Å². The second kappa shape index (κ2) is 12.8. The summed E-state index contributed by atoms with van der Waals surface area (Å²) in [7, 11) is 1.61. The fraction of sp³-hybridized carbons (Fsp3) is 0.444. The summed E-state index contributed by atoms with van der Waals surface area (Å²) in [5.41, 5.74) is 1.92. The van der Waals surface area contributed by atoms with Crippen molar-refractivity contribution in [1.29, 1.82) is 0 Å². The first kappa shape index (κ1) is 25.3. The summed E-state index contributed by atoms with van der Waals surface area (Å²) in [5.74, 6) is 0.424. The third kappa shape index (κ3) is 7.33. The number of amides is 2. The van der Waals surface area contributed by atoms with Crippen molar-refractivity contribution in [2.24, 2.45) is 5.92 Å². The highest BCUT2D eigenvalue weighted by Gasteiger charge is 2.28. The molecule has 0 radical (unpaired) electrons. The molecule has 0 spiro atoms. The minimum Gasteiger partial charge on any atom is -0.497 e. The molecule has 0 saturated carbocycles. The van der Waals surface area contributed by atoms with Gasteiger partial charge in [0.1, 0.15) is 5.75 Å². The molecule has 0 aromatic heterocycles. The number of benzene rings is 2. The van der Waals surface area contributed by atoms with E-state index in [1.165, 1.54) is 0 Å². The van der Waals surface area contributed by atoms with Crippen LogP contribution in [0, 0.1) is 5.92 Å². The first-order valence-electron chi connectivity index (χ1n) is 11.9. The topological polar surface area (TPSA) is 76.2 Å². The molecule has 0 bridgehead atoms. The molecule has 1 saturated heterocycles. The van der Waals surface area contributed by atoms with Crippen molar-refractivity contribution in [2.45, 2.75) is 39.2 Å². The maximum atomic E-state index is 13.2. The second-order valence-corrected chi connectivity index (χ2v) is 8.48. The Morgan fingerprint density at radius 1 is 0.971 bits per heavy atom. The van der Waals surface area contributed by atoms with Crippen LogP contribution in [-0.4, -0.2) is 60.9 Å². The van der Waals surface area contributed by atoms with E-state index < -0.39 is 0 Å². The summed E-state index contributed by atoms with van der Waals surface area (Å²) in [6, 6.07) is 17.2. The number of nitrogens with zero attached hydrogens (tertiary/aromatic N) is 2. The third-order valence-corrected chi connectivity index (χ3v) is 6.15. The number of methoxy groups -OCH3 is 1. The fourth-order valence-corrected chi connectivity index (χ4v) is 4.14. The van der Waals surface area contributed by atoms with Gasteiger partial charge in [0.15, 0.2) is 0 Å². The summed E-state index contributed by atoms with van der Waals surface area (Å²) in [6.45, 7) is 4.06. The van der Waals surface area contributed by atoms with Crippen molar-refractivity contribution < 1.29 is 23.9 Å². The van der Waals surface area contributed by atoms with Gasteiger partial charge >= 0.3 is 5.97 Å². The van der Waals surface area contributed by atoms with Crippen molar-refractivity contribution in [3.05, 3.63) is 65.7 Å². The Bertz CT molecular complexity index is 937. The maximum Gasteiger partial charge on any atom is 0.309 e. The van der Waals surface area contributed by atoms with Gasteiger partial charge < -0.3 is 19.3 Å². The number of ether oxygens (including phenoxy) is 2. The first-order valence-corrected chi connectivity index (χ1v) is 11.9. The van der Waals surface area contributed by atoms with E-state index in [4.69, 9.17) is 9.47 Å². The first-order chi connectivity index (χ1) is 16.5. The molecule has 34 heavy (non-hydrogen) atoms. The molecule has 2 aromatic rings. The van der Waals surface area contributed by atoms with E-state index >= 15 is 0 Å². The lowest BCUT2D eigenvalue weighted by Crippen LogP contribution is -2.42. The second-order valence-electron chi connectivity index (χ2n) is 8.48. The number of carbonyl (C=O) groups is 3. The molecule has 0 atom stereocenters. The van der Waals surface area contributed by atoms with Gasteiger partial charge in [0, 0.05) is 32.6 Å². The lowest BCUT2D eigenvalue weighted by Gasteiger charge is -2.32. The third-order valence-electron chi connectivity index (χ3n) is 6.15. The normalized spacial score (nSPS) is 13.9. The van der Waals surface area contributed by atoms with Crippen LogP contribution in [0.3, 0.4) is 0 Å². The molecule has 1 fully saturated rings. The van der Waals surface area contributed by atoms with E-state index in [-0.39, 0.29) is 36.5 Å². The Hall–Kier alpha value is -3.35. The summed E-state index contributed by atoms with van der Waals surface area (Å²) < 4.78 is 10.3. The van der Waals surface area contributed by atoms with Crippen molar-refractivity contribution in [1.82, 2.24) is 9.80 Å². The molecule has 0 N–H and O–H groups in total. The predicted octanol–water partition coefficient (Wildman–Crippen LogP) is 3.46. The molecule has 0 aliphatic carbocycles. The maximum absolute atomic E-state index is 13.2. The molecule has 2 amide bonds. The molecule has 0 unspecified atom stereocenters. The van der Waals surface area contributed by atoms with Gasteiger partial charge in [-0.3, -0.25) is 14.4 Å². The number of hydrogen-bond acceptors (Lipinski definition) is 5. The van der Waals surface area contributed by atoms with Gasteiger partial charge in [0.2, 0.25) is 11.8 Å². The molecule has 7 heteroatoms. The van der Waals surface area contributed by atoms with Crippen molar-refractivity contribution >= 4 is 17.8 Å². The van der Waals surface area contributed by atoms with Gasteiger partial charge in [-0.05, 0) is 43.0 Å². The minimum atomic E-state index is -0.173. The molecular formula is C27H34N2O5. The van der Waals surface area contributed by atoms with E-state index in [0.29, 0.717) is 45.6 Å². The van der Waals surface area contributed by atoms with Crippen LogP contribution in [0.5, 0.6) is 5.75 Å². The van der Waals surface area contributed by atoms with E-state index in [0.717, 1.165) is 16.9 Å². The number of hydrogen-bond donors (Lipinski definition) is 0. The minimum absolute atomic E-state index is 0.0117. The Labute approximate surface area is 201 Å². The number of likely N-dealkylation sites (tertiary alicyclic amines) is 1. The molecule has 1 aliphatic rings. The van der Waals surface area contributed by atoms with Crippen LogP contribution in [0.2, 0.25) is 0 Å². The molecule has 7 nitrogen and oxygen atoms in total. The van der Waals surface area contributed by atoms with Crippen LogP contribution in [-0.2, 0) is 32.1 Å². The fourth-order valence-electron chi connectivity index (χ4n) is 4.14. The zero-order valence-electron chi connectivity index (χ0n) is 20.1. The summed E-state index contributed by atoms with van der Waals surface area (Å²) in [4.78, 5) is 41.5. The van der Waals surface area contributed by atoms with E-state index in [9.17, 15) is 14.4 Å². The van der Waals surface area contributed by atoms with Gasteiger partial charge in [0.05, 0.1) is 26.1 Å². The lowest BCUT2D eigenvalue weighted by atomic mass is 9.97. The molecule has 3 rings (SSSR count). The highest BCUT2D eigenvalue weighted by molar-refractivity contribution is 5.81. The number of esters is 1. The van der Waals surface area contributed by atoms with Gasteiger partial charge in [-0.1, -0.05) is 42.5 Å². The molecule has 182 valence electrons. The van der Waals surface area contributed by atoms with Crippen LogP contribution in [0.4, 0.5) is 0 Å². The SMILES string of the molecule is CCOC(=O)C1CCN(C(=O)CCN(Cc2ccccc2)C(=O)Cc2ccc(OC)cc2)CC1. The summed E-state index contributed by atoms with van der Waals surface area (Å²) in [5, 5.41) is 0. The predicted molar refractivity (Wildman–Crippen MR) is 129 cm³/mol. The van der Waals surface area contributed by atoms with Crippen LogP contribution >= 0.6 is 0 Å². The Morgan fingerprint density at radius 3 is 2.26 bits per heavy atom. The standard InChI is InChI=1S/C27H34N2O5/c1-3-34-27(32)23-13-16-28(17-14-23)25(30)15-18-29(20-22-7-5-4-6-8-22)26(31)19-21-9-11-24(33-2)12-10-21/h4-12,23H,3,13-20H2,1-2H3. The molecular weight excluding hydrogens is 432 g/mol. The van der Waals surface area contributed by atoms with Crippen LogP contribution < -0.4 is 4.74 Å². The van der Waals surface area contributed by atoms with E-state index in [1.54, 1.807) is 23.8 Å². The van der Waals surface area contributed by atoms with Crippen molar-refractivity contribution in [3.63, 3.8) is 0 Å². The quantitative estimate of drug-likeness (QED) is 0.501. The highest BCUT2D eigenvalue weighted by atomic mass is 16.5. The average Bonchev–Trinajstić information content (AvgIpc) is 2.87. The summed E-state index contributed by atoms with van der Waals surface area (Å²) in [6.07, 6.45) is 1.75.